The molecule has 0 aliphatic carbocycles. The van der Waals surface area contributed by atoms with Crippen molar-refractivity contribution in [3.8, 4) is 16.9 Å². The average molecular weight is 374 g/mol. The van der Waals surface area contributed by atoms with Crippen LogP contribution in [0.25, 0.3) is 22.1 Å². The number of fused-ring (bicyclic) bond motifs is 1. The normalized spacial score (nSPS) is 10.8. The van der Waals surface area contributed by atoms with Crippen LogP contribution in [0.4, 0.5) is 4.39 Å². The molecule has 0 atom stereocenters. The predicted octanol–water partition coefficient (Wildman–Crippen LogP) is 5.13. The Kier molecular flexibility index (Phi) is 4.49. The molecule has 1 heterocycles. The number of rotatable bonds is 3. The molecule has 0 saturated carbocycles. The zero-order valence-corrected chi connectivity index (χ0v) is 14.9. The second kappa shape index (κ2) is 7.12. The Bertz CT molecular complexity index is 1240. The van der Waals surface area contributed by atoms with Crippen LogP contribution in [0, 0.1) is 12.7 Å². The minimum Gasteiger partial charge on any atom is -0.422 e. The molecule has 138 valence electrons. The van der Waals surface area contributed by atoms with Crippen molar-refractivity contribution < 1.29 is 18.3 Å². The quantitative estimate of drug-likeness (QED) is 0.283. The number of benzene rings is 3. The Morgan fingerprint density at radius 1 is 0.964 bits per heavy atom. The topological polar surface area (TPSA) is 56.5 Å². The van der Waals surface area contributed by atoms with Crippen LogP contribution in [-0.4, -0.2) is 5.97 Å². The van der Waals surface area contributed by atoms with Crippen molar-refractivity contribution in [2.24, 2.45) is 0 Å². The van der Waals surface area contributed by atoms with Crippen LogP contribution < -0.4 is 10.4 Å². The molecule has 0 aliphatic rings. The zero-order valence-electron chi connectivity index (χ0n) is 14.9. The number of carbonyl (C=O) groups excluding carboxylic acids is 1. The van der Waals surface area contributed by atoms with Gasteiger partial charge in [-0.15, -0.1) is 0 Å². The molecule has 0 amide bonds. The molecule has 0 spiro atoms. The first-order valence-electron chi connectivity index (χ1n) is 8.64. The van der Waals surface area contributed by atoms with E-state index < -0.39 is 17.4 Å². The Morgan fingerprint density at radius 2 is 1.68 bits per heavy atom. The second-order valence-electron chi connectivity index (χ2n) is 6.28. The van der Waals surface area contributed by atoms with Crippen molar-refractivity contribution in [3.63, 3.8) is 0 Å². The highest BCUT2D eigenvalue weighted by atomic mass is 19.1. The molecule has 0 fully saturated rings. The molecule has 4 nitrogen and oxygen atoms in total. The highest BCUT2D eigenvalue weighted by Crippen LogP contribution is 2.33. The number of carbonyl (C=O) groups is 1. The van der Waals surface area contributed by atoms with Crippen molar-refractivity contribution >= 4 is 16.9 Å². The van der Waals surface area contributed by atoms with Crippen LogP contribution in [0.5, 0.6) is 5.75 Å². The molecule has 4 rings (SSSR count). The van der Waals surface area contributed by atoms with Gasteiger partial charge in [0.15, 0.2) is 0 Å². The summed E-state index contributed by atoms with van der Waals surface area (Å²) in [6, 6.07) is 19.8. The van der Waals surface area contributed by atoms with E-state index in [1.807, 2.05) is 30.3 Å². The van der Waals surface area contributed by atoms with Gasteiger partial charge in [0.25, 0.3) is 0 Å². The Balaban J connectivity index is 1.81. The van der Waals surface area contributed by atoms with Gasteiger partial charge >= 0.3 is 11.6 Å². The van der Waals surface area contributed by atoms with Gasteiger partial charge in [-0.2, -0.15) is 0 Å². The van der Waals surface area contributed by atoms with Crippen molar-refractivity contribution in [2.45, 2.75) is 6.92 Å². The summed E-state index contributed by atoms with van der Waals surface area (Å²) < 4.78 is 24.6. The van der Waals surface area contributed by atoms with E-state index in [0.717, 1.165) is 11.1 Å². The summed E-state index contributed by atoms with van der Waals surface area (Å²) >= 11 is 0. The van der Waals surface area contributed by atoms with Gasteiger partial charge in [0.2, 0.25) is 0 Å². The highest BCUT2D eigenvalue weighted by Gasteiger charge is 2.18. The van der Waals surface area contributed by atoms with Gasteiger partial charge in [0, 0.05) is 17.0 Å². The van der Waals surface area contributed by atoms with Crippen molar-refractivity contribution in [3.05, 3.63) is 100 Å². The minimum atomic E-state index is -0.817. The summed E-state index contributed by atoms with van der Waals surface area (Å²) in [5.41, 5.74) is 1.73. The molecule has 0 aliphatic heterocycles. The highest BCUT2D eigenvalue weighted by molar-refractivity contribution is 5.97. The Hall–Kier alpha value is -3.73. The van der Waals surface area contributed by atoms with Crippen molar-refractivity contribution in [2.75, 3.05) is 0 Å². The SMILES string of the molecule is Cc1c(OC(=O)c2ccccc2F)ccc2c(-c3ccccc3)cc(=O)oc12. The molecule has 4 aromatic rings. The standard InChI is InChI=1S/C23H15FO4/c1-14-20(27-23(26)17-9-5-6-10-19(17)24)12-11-16-18(13-21(25)28-22(14)16)15-7-3-2-4-8-15/h2-13H,1H3. The fourth-order valence-corrected chi connectivity index (χ4v) is 3.09. The molecular weight excluding hydrogens is 359 g/mol. The summed E-state index contributed by atoms with van der Waals surface area (Å²) in [7, 11) is 0. The zero-order chi connectivity index (χ0) is 19.7. The lowest BCUT2D eigenvalue weighted by atomic mass is 10.0. The van der Waals surface area contributed by atoms with Gasteiger partial charge in [0.05, 0.1) is 5.56 Å². The predicted molar refractivity (Wildman–Crippen MR) is 104 cm³/mol. The Labute approximate surface area is 159 Å². The third kappa shape index (κ3) is 3.18. The number of hydrogen-bond donors (Lipinski definition) is 0. The lowest BCUT2D eigenvalue weighted by Crippen LogP contribution is -2.11. The monoisotopic (exact) mass is 374 g/mol. The van der Waals surface area contributed by atoms with Crippen molar-refractivity contribution in [1.29, 1.82) is 0 Å². The third-order valence-corrected chi connectivity index (χ3v) is 4.49. The maximum Gasteiger partial charge on any atom is 0.346 e. The number of ether oxygens (including phenoxy) is 1. The molecule has 5 heteroatoms. The van der Waals surface area contributed by atoms with E-state index in [2.05, 4.69) is 0 Å². The summed E-state index contributed by atoms with van der Waals surface area (Å²) in [4.78, 5) is 24.4. The second-order valence-corrected chi connectivity index (χ2v) is 6.28. The minimum absolute atomic E-state index is 0.165. The van der Waals surface area contributed by atoms with E-state index in [4.69, 9.17) is 9.15 Å². The van der Waals surface area contributed by atoms with Gasteiger partial charge in [0.1, 0.15) is 17.1 Å². The van der Waals surface area contributed by atoms with E-state index in [1.165, 1.54) is 24.3 Å². The lowest BCUT2D eigenvalue weighted by molar-refractivity contribution is 0.0729. The smallest absolute Gasteiger partial charge is 0.346 e. The van der Waals surface area contributed by atoms with Gasteiger partial charge < -0.3 is 9.15 Å². The summed E-state index contributed by atoms with van der Waals surface area (Å²) in [6.07, 6.45) is 0. The van der Waals surface area contributed by atoms with Gasteiger partial charge in [-0.25, -0.2) is 14.0 Å². The molecular formula is C23H15FO4. The lowest BCUT2D eigenvalue weighted by Gasteiger charge is -2.12. The Morgan fingerprint density at radius 3 is 2.43 bits per heavy atom. The summed E-state index contributed by atoms with van der Waals surface area (Å²) in [5, 5.41) is 0.717. The third-order valence-electron chi connectivity index (χ3n) is 4.49. The molecule has 0 bridgehead atoms. The first kappa shape index (κ1) is 17.7. The number of halogens is 1. The fourth-order valence-electron chi connectivity index (χ4n) is 3.09. The van der Waals surface area contributed by atoms with Crippen LogP contribution in [0.15, 0.2) is 82.0 Å². The van der Waals surface area contributed by atoms with Crippen molar-refractivity contribution in [1.82, 2.24) is 0 Å². The van der Waals surface area contributed by atoms with Crippen LogP contribution in [0.2, 0.25) is 0 Å². The van der Waals surface area contributed by atoms with Crippen LogP contribution in [0.3, 0.4) is 0 Å². The van der Waals surface area contributed by atoms with Crippen LogP contribution in [0.1, 0.15) is 15.9 Å². The molecule has 0 unspecified atom stereocenters. The molecule has 0 saturated heterocycles. The summed E-state index contributed by atoms with van der Waals surface area (Å²) in [6.45, 7) is 1.68. The molecule has 3 aromatic carbocycles. The molecule has 0 N–H and O–H groups in total. The van der Waals surface area contributed by atoms with E-state index in [-0.39, 0.29) is 11.3 Å². The maximum atomic E-state index is 13.8. The summed E-state index contributed by atoms with van der Waals surface area (Å²) in [5.74, 6) is -1.28. The van der Waals surface area contributed by atoms with Gasteiger partial charge in [-0.1, -0.05) is 42.5 Å². The first-order valence-corrected chi connectivity index (χ1v) is 8.64. The van der Waals surface area contributed by atoms with Gasteiger partial charge in [-0.3, -0.25) is 0 Å². The average Bonchev–Trinajstić information content (AvgIpc) is 2.71. The number of hydrogen-bond acceptors (Lipinski definition) is 4. The first-order chi connectivity index (χ1) is 13.5. The molecule has 28 heavy (non-hydrogen) atoms. The molecule has 1 aromatic heterocycles. The largest absolute Gasteiger partial charge is 0.422 e. The van der Waals surface area contributed by atoms with E-state index >= 15 is 0 Å². The maximum absolute atomic E-state index is 13.8. The van der Waals surface area contributed by atoms with E-state index in [9.17, 15) is 14.0 Å². The molecule has 0 radical (unpaired) electrons. The number of esters is 1. The fraction of sp³-hybridized carbons (Fsp3) is 0.0435. The number of aryl methyl sites for hydroxylation is 1. The van der Waals surface area contributed by atoms with E-state index in [0.29, 0.717) is 16.5 Å². The van der Waals surface area contributed by atoms with Crippen LogP contribution >= 0.6 is 0 Å². The van der Waals surface area contributed by atoms with E-state index in [1.54, 1.807) is 25.1 Å². The van der Waals surface area contributed by atoms with Gasteiger partial charge in [-0.05, 0) is 42.3 Å². The van der Waals surface area contributed by atoms with Crippen LogP contribution in [-0.2, 0) is 0 Å².